The van der Waals surface area contributed by atoms with Gasteiger partial charge in [0.05, 0.1) is 11.4 Å². The van der Waals surface area contributed by atoms with E-state index in [9.17, 15) is 0 Å². The Labute approximate surface area is 144 Å². The maximum Gasteiger partial charge on any atom is 0.0688 e. The van der Waals surface area contributed by atoms with Crippen LogP contribution < -0.4 is 16.4 Å². The molecule has 0 spiro atoms. The first-order chi connectivity index (χ1) is 11.6. The van der Waals surface area contributed by atoms with E-state index in [1.807, 2.05) is 31.2 Å². The molecule has 0 atom stereocenters. The van der Waals surface area contributed by atoms with Gasteiger partial charge in [0, 0.05) is 11.4 Å². The monoisotopic (exact) mass is 319 g/mol. The Morgan fingerprint density at radius 1 is 1.33 bits per heavy atom. The molecule has 0 radical (unpaired) electrons. The predicted octanol–water partition coefficient (Wildman–Crippen LogP) is 4.72. The molecule has 24 heavy (non-hydrogen) atoms. The molecule has 0 amide bonds. The van der Waals surface area contributed by atoms with Gasteiger partial charge in [-0.1, -0.05) is 43.5 Å². The average molecular weight is 319 g/mol. The summed E-state index contributed by atoms with van der Waals surface area (Å²) in [4.78, 5) is 2.10. The summed E-state index contributed by atoms with van der Waals surface area (Å²) in [6.07, 6.45) is 15.2. The Morgan fingerprint density at radius 2 is 2.12 bits per heavy atom. The normalized spacial score (nSPS) is 14.5. The van der Waals surface area contributed by atoms with Crippen LogP contribution in [0.2, 0.25) is 0 Å². The molecule has 0 aromatic heterocycles. The van der Waals surface area contributed by atoms with Crippen molar-refractivity contribution in [2.45, 2.75) is 19.8 Å². The lowest BCUT2D eigenvalue weighted by atomic mass is 10.0. The average Bonchev–Trinajstić information content (AvgIpc) is 2.57. The zero-order chi connectivity index (χ0) is 17.5. The highest BCUT2D eigenvalue weighted by Crippen LogP contribution is 2.35. The second kappa shape index (κ2) is 8.06. The third-order valence-corrected chi connectivity index (χ3v) is 3.88. The Morgan fingerprint density at radius 3 is 2.71 bits per heavy atom. The fourth-order valence-electron chi connectivity index (χ4n) is 2.73. The molecule has 1 aromatic carbocycles. The van der Waals surface area contributed by atoms with Crippen LogP contribution >= 0.6 is 0 Å². The summed E-state index contributed by atoms with van der Waals surface area (Å²) in [5.74, 6) is 0. The Kier molecular flexibility index (Phi) is 5.85. The quantitative estimate of drug-likeness (QED) is 0.589. The van der Waals surface area contributed by atoms with E-state index >= 15 is 0 Å². The predicted molar refractivity (Wildman–Crippen MR) is 105 cm³/mol. The topological polar surface area (TPSA) is 55.3 Å². The molecule has 1 aliphatic carbocycles. The minimum Gasteiger partial charge on any atom is -0.405 e. The van der Waals surface area contributed by atoms with Crippen LogP contribution in [0.15, 0.2) is 91.0 Å². The number of nitrogens with two attached hydrogens (primary N) is 2. The van der Waals surface area contributed by atoms with E-state index in [2.05, 4.69) is 42.4 Å². The van der Waals surface area contributed by atoms with Gasteiger partial charge in [-0.3, -0.25) is 0 Å². The van der Waals surface area contributed by atoms with Crippen LogP contribution in [0.5, 0.6) is 0 Å². The molecule has 0 fully saturated rings. The van der Waals surface area contributed by atoms with Gasteiger partial charge in [0.25, 0.3) is 0 Å². The molecule has 0 unspecified atom stereocenters. The summed E-state index contributed by atoms with van der Waals surface area (Å²) in [5, 5.41) is 0. The van der Waals surface area contributed by atoms with E-state index in [-0.39, 0.29) is 0 Å². The highest BCUT2D eigenvalue weighted by Gasteiger charge is 2.19. The van der Waals surface area contributed by atoms with Crippen LogP contribution in [-0.4, -0.2) is 0 Å². The van der Waals surface area contributed by atoms with Crippen LogP contribution in [-0.2, 0) is 0 Å². The molecule has 0 bridgehead atoms. The minimum atomic E-state index is 0.723. The van der Waals surface area contributed by atoms with Gasteiger partial charge in [-0.15, -0.1) is 0 Å². The fraction of sp³-hybridized carbons (Fsp3) is 0.143. The maximum absolute atomic E-state index is 6.30. The number of rotatable bonds is 6. The van der Waals surface area contributed by atoms with Crippen molar-refractivity contribution >= 4 is 11.4 Å². The molecule has 4 N–H and O–H groups in total. The van der Waals surface area contributed by atoms with Gasteiger partial charge >= 0.3 is 0 Å². The number of benzene rings is 1. The summed E-state index contributed by atoms with van der Waals surface area (Å²) in [5.41, 5.74) is 17.5. The Bertz CT molecular complexity index is 748. The fourth-order valence-corrected chi connectivity index (χ4v) is 2.73. The van der Waals surface area contributed by atoms with Crippen molar-refractivity contribution < 1.29 is 0 Å². The van der Waals surface area contributed by atoms with E-state index < -0.39 is 0 Å². The van der Waals surface area contributed by atoms with Crippen LogP contribution in [0.25, 0.3) is 0 Å². The second-order valence-corrected chi connectivity index (χ2v) is 5.69. The standard InChI is InChI=1S/C21H25N3/c1-4-8-18(13-14-22)17(3)24(19-9-6-5-7-10-19)21-12-11-16(2)15-20(21)23/h4-6,8-9,11-15H,1,3,7,10,22-23H2,2H3/b14-13-,18-8+. The van der Waals surface area contributed by atoms with Gasteiger partial charge in [0.1, 0.15) is 0 Å². The number of nitrogen functional groups attached to an aromatic ring is 1. The molecular formula is C21H25N3. The lowest BCUT2D eigenvalue weighted by Gasteiger charge is -2.32. The second-order valence-electron chi connectivity index (χ2n) is 5.69. The van der Waals surface area contributed by atoms with Crippen molar-refractivity contribution in [1.29, 1.82) is 0 Å². The number of nitrogens with zero attached hydrogens (tertiary/aromatic N) is 1. The van der Waals surface area contributed by atoms with Crippen LogP contribution in [0, 0.1) is 6.92 Å². The number of aryl methyl sites for hydroxylation is 1. The lowest BCUT2D eigenvalue weighted by molar-refractivity contribution is 0.899. The van der Waals surface area contributed by atoms with E-state index in [4.69, 9.17) is 11.5 Å². The molecule has 1 aliphatic rings. The van der Waals surface area contributed by atoms with E-state index in [0.29, 0.717) is 0 Å². The van der Waals surface area contributed by atoms with Gasteiger partial charge in [0.2, 0.25) is 0 Å². The van der Waals surface area contributed by atoms with E-state index in [1.165, 1.54) is 6.20 Å². The van der Waals surface area contributed by atoms with Gasteiger partial charge in [-0.2, -0.15) is 0 Å². The highest BCUT2D eigenvalue weighted by atomic mass is 15.2. The first-order valence-electron chi connectivity index (χ1n) is 8.00. The Hall–Kier alpha value is -2.94. The largest absolute Gasteiger partial charge is 0.405 e. The van der Waals surface area contributed by atoms with Gasteiger partial charge in [-0.05, 0) is 61.4 Å². The molecule has 0 saturated heterocycles. The first kappa shape index (κ1) is 17.4. The van der Waals surface area contributed by atoms with E-state index in [0.717, 1.165) is 46.7 Å². The third-order valence-electron chi connectivity index (χ3n) is 3.88. The molecule has 3 heteroatoms. The summed E-state index contributed by atoms with van der Waals surface area (Å²) in [6, 6.07) is 6.07. The molecule has 2 rings (SSSR count). The Balaban J connectivity index is 2.56. The molecule has 1 aromatic rings. The van der Waals surface area contributed by atoms with Gasteiger partial charge in [-0.25, -0.2) is 0 Å². The summed E-state index contributed by atoms with van der Waals surface area (Å²) in [6.45, 7) is 10.1. The van der Waals surface area contributed by atoms with Crippen molar-refractivity contribution in [1.82, 2.24) is 0 Å². The number of hydrogen-bond donors (Lipinski definition) is 2. The number of anilines is 2. The van der Waals surface area contributed by atoms with Crippen LogP contribution in [0.1, 0.15) is 18.4 Å². The SMILES string of the molecule is C=C/C=C(\C=C/N)C(=C)N(C1=CC=CCC1)c1ccc(C)cc1N. The molecule has 0 saturated carbocycles. The summed E-state index contributed by atoms with van der Waals surface area (Å²) >= 11 is 0. The summed E-state index contributed by atoms with van der Waals surface area (Å²) < 4.78 is 0. The minimum absolute atomic E-state index is 0.723. The van der Waals surface area contributed by atoms with Crippen molar-refractivity contribution in [3.05, 3.63) is 96.5 Å². The molecular weight excluding hydrogens is 294 g/mol. The first-order valence-corrected chi connectivity index (χ1v) is 8.00. The van der Waals surface area contributed by atoms with Crippen molar-refractivity contribution in [2.75, 3.05) is 10.6 Å². The van der Waals surface area contributed by atoms with Crippen molar-refractivity contribution in [3.8, 4) is 0 Å². The molecule has 3 nitrogen and oxygen atoms in total. The van der Waals surface area contributed by atoms with Crippen LogP contribution in [0.3, 0.4) is 0 Å². The van der Waals surface area contributed by atoms with Crippen LogP contribution in [0.4, 0.5) is 11.4 Å². The third kappa shape index (κ3) is 3.87. The van der Waals surface area contributed by atoms with Crippen molar-refractivity contribution in [2.24, 2.45) is 5.73 Å². The smallest absolute Gasteiger partial charge is 0.0688 e. The van der Waals surface area contributed by atoms with Gasteiger partial charge < -0.3 is 16.4 Å². The molecule has 0 heterocycles. The summed E-state index contributed by atoms with van der Waals surface area (Å²) in [7, 11) is 0. The zero-order valence-electron chi connectivity index (χ0n) is 14.2. The maximum atomic E-state index is 6.30. The molecule has 124 valence electrons. The van der Waals surface area contributed by atoms with E-state index in [1.54, 1.807) is 6.08 Å². The lowest BCUT2D eigenvalue weighted by Crippen LogP contribution is -2.24. The number of hydrogen-bond acceptors (Lipinski definition) is 3. The van der Waals surface area contributed by atoms with Gasteiger partial charge in [0.15, 0.2) is 0 Å². The number of allylic oxidation sites excluding steroid dienone is 7. The van der Waals surface area contributed by atoms with Crippen molar-refractivity contribution in [3.63, 3.8) is 0 Å². The molecule has 0 aliphatic heterocycles. The highest BCUT2D eigenvalue weighted by molar-refractivity contribution is 5.76. The zero-order valence-corrected chi connectivity index (χ0v) is 14.2.